The molecule has 3 aromatic rings. The number of methoxy groups -OCH3 is 1. The van der Waals surface area contributed by atoms with Gasteiger partial charge in [-0.3, -0.25) is 4.57 Å². The number of hydrogen-bond acceptors (Lipinski definition) is 10. The van der Waals surface area contributed by atoms with Gasteiger partial charge in [0.15, 0.2) is 17.3 Å². The molecular weight excluding hydrogens is 501 g/mol. The van der Waals surface area contributed by atoms with E-state index in [0.29, 0.717) is 0 Å². The Balaban J connectivity index is 1.56. The van der Waals surface area contributed by atoms with Crippen molar-refractivity contribution in [3.05, 3.63) is 83.7 Å². The molecule has 11 nitrogen and oxygen atoms in total. The summed E-state index contributed by atoms with van der Waals surface area (Å²) >= 11 is 0. The third-order valence-electron chi connectivity index (χ3n) is 5.65. The van der Waals surface area contributed by atoms with Crippen molar-refractivity contribution in [2.45, 2.75) is 57.4 Å². The van der Waals surface area contributed by atoms with Gasteiger partial charge in [0, 0.05) is 0 Å². The SMILES string of the molecule is COC(=O)c1cn(C[C@@H]2OC(C)(C)O[C@H]2[C@H](O)P(=O)(OCc2ccccc2)OCc2ccccc2)nn1. The van der Waals surface area contributed by atoms with E-state index < -0.39 is 37.4 Å². The van der Waals surface area contributed by atoms with Crippen LogP contribution in [0, 0.1) is 0 Å². The number of hydrogen-bond donors (Lipinski definition) is 1. The second-order valence-corrected chi connectivity index (χ2v) is 11.1. The van der Waals surface area contributed by atoms with Crippen molar-refractivity contribution in [3.63, 3.8) is 0 Å². The van der Waals surface area contributed by atoms with Crippen LogP contribution < -0.4 is 0 Å². The topological polar surface area (TPSA) is 131 Å². The molecule has 0 aliphatic carbocycles. The smallest absolute Gasteiger partial charge is 0.362 e. The zero-order valence-electron chi connectivity index (χ0n) is 20.8. The zero-order chi connectivity index (χ0) is 26.5. The van der Waals surface area contributed by atoms with E-state index in [4.69, 9.17) is 18.5 Å². The summed E-state index contributed by atoms with van der Waals surface area (Å²) in [4.78, 5) is 11.7. The number of rotatable bonds is 11. The van der Waals surface area contributed by atoms with E-state index in [1.165, 1.54) is 18.0 Å². The maximum Gasteiger partial charge on any atom is 0.362 e. The highest BCUT2D eigenvalue weighted by Crippen LogP contribution is 2.56. The van der Waals surface area contributed by atoms with Crippen LogP contribution in [-0.2, 0) is 47.6 Å². The van der Waals surface area contributed by atoms with Gasteiger partial charge < -0.3 is 28.4 Å². The number of aromatic nitrogens is 3. The number of esters is 1. The molecule has 1 aliphatic heterocycles. The standard InChI is InChI=1S/C25H30N3O8P/c1-25(2)35-21(15-28-14-20(26-27-28)23(29)32-3)22(36-25)24(30)37(31,33-16-18-10-6-4-7-11-18)34-17-19-12-8-5-9-13-19/h4-14,21-22,24,30H,15-17H2,1-3H3/t21-,22+,24+/m0/s1. The summed E-state index contributed by atoms with van der Waals surface area (Å²) in [6, 6.07) is 18.3. The molecule has 198 valence electrons. The predicted molar refractivity (Wildman–Crippen MR) is 131 cm³/mol. The quantitative estimate of drug-likeness (QED) is 0.290. The number of ether oxygens (including phenoxy) is 3. The third-order valence-corrected chi connectivity index (χ3v) is 7.57. The second-order valence-electron chi connectivity index (χ2n) is 8.93. The molecule has 0 bridgehead atoms. The lowest BCUT2D eigenvalue weighted by atomic mass is 10.2. The molecule has 2 aromatic carbocycles. The fraction of sp³-hybridized carbons (Fsp3) is 0.400. The minimum atomic E-state index is -4.17. The molecule has 0 spiro atoms. The number of benzene rings is 2. The van der Waals surface area contributed by atoms with Gasteiger partial charge >= 0.3 is 13.6 Å². The molecule has 0 radical (unpaired) electrons. The fourth-order valence-corrected chi connectivity index (χ4v) is 5.53. The maximum absolute atomic E-state index is 14.1. The predicted octanol–water partition coefficient (Wildman–Crippen LogP) is 3.53. The van der Waals surface area contributed by atoms with Crippen LogP contribution in [0.3, 0.4) is 0 Å². The van der Waals surface area contributed by atoms with E-state index in [2.05, 4.69) is 15.0 Å². The lowest BCUT2D eigenvalue weighted by molar-refractivity contribution is -0.152. The Morgan fingerprint density at radius 3 is 2.16 bits per heavy atom. The Morgan fingerprint density at radius 2 is 1.62 bits per heavy atom. The first kappa shape index (κ1) is 27.1. The first-order valence-corrected chi connectivity index (χ1v) is 13.3. The molecule has 1 fully saturated rings. The first-order chi connectivity index (χ1) is 17.7. The van der Waals surface area contributed by atoms with Crippen LogP contribution in [0.4, 0.5) is 0 Å². The first-order valence-electron chi connectivity index (χ1n) is 11.7. The summed E-state index contributed by atoms with van der Waals surface area (Å²) in [7, 11) is -2.93. The Labute approximate surface area is 214 Å². The summed E-state index contributed by atoms with van der Waals surface area (Å²) in [5, 5.41) is 19.1. The van der Waals surface area contributed by atoms with E-state index >= 15 is 0 Å². The van der Waals surface area contributed by atoms with Crippen molar-refractivity contribution in [2.24, 2.45) is 0 Å². The van der Waals surface area contributed by atoms with Crippen LogP contribution in [-0.4, -0.2) is 57.0 Å². The van der Waals surface area contributed by atoms with E-state index in [0.717, 1.165) is 11.1 Å². The summed E-state index contributed by atoms with van der Waals surface area (Å²) in [5.74, 6) is -3.43. The van der Waals surface area contributed by atoms with E-state index in [1.807, 2.05) is 60.7 Å². The summed E-state index contributed by atoms with van der Waals surface area (Å²) in [6.45, 7) is 3.31. The minimum Gasteiger partial charge on any atom is -0.464 e. The van der Waals surface area contributed by atoms with Crippen molar-refractivity contribution < 1.29 is 37.7 Å². The average molecular weight is 532 g/mol. The molecule has 0 saturated carbocycles. The summed E-state index contributed by atoms with van der Waals surface area (Å²) < 4.78 is 43.6. The minimum absolute atomic E-state index is 0.0147. The molecule has 1 aromatic heterocycles. The largest absolute Gasteiger partial charge is 0.464 e. The van der Waals surface area contributed by atoms with Gasteiger partial charge in [0.1, 0.15) is 12.2 Å². The third kappa shape index (κ3) is 6.89. The average Bonchev–Trinajstić information content (AvgIpc) is 3.50. The van der Waals surface area contributed by atoms with E-state index in [1.54, 1.807) is 13.8 Å². The van der Waals surface area contributed by atoms with Crippen molar-refractivity contribution >= 4 is 13.6 Å². The monoisotopic (exact) mass is 531 g/mol. The van der Waals surface area contributed by atoms with Crippen molar-refractivity contribution in [3.8, 4) is 0 Å². The molecule has 1 N–H and O–H groups in total. The molecule has 4 rings (SSSR count). The lowest BCUT2D eigenvalue weighted by Gasteiger charge is -2.29. The normalized spacial score (nSPS) is 20.0. The number of carbonyl (C=O) groups is 1. The van der Waals surface area contributed by atoms with Crippen LogP contribution in [0.25, 0.3) is 0 Å². The second kappa shape index (κ2) is 11.6. The van der Waals surface area contributed by atoms with Crippen molar-refractivity contribution in [1.29, 1.82) is 0 Å². The Kier molecular flexibility index (Phi) is 8.53. The zero-order valence-corrected chi connectivity index (χ0v) is 21.7. The highest BCUT2D eigenvalue weighted by Gasteiger charge is 2.52. The summed E-state index contributed by atoms with van der Waals surface area (Å²) in [6.07, 6.45) is -0.522. The van der Waals surface area contributed by atoms with Crippen LogP contribution in [0.15, 0.2) is 66.9 Å². The molecule has 0 unspecified atom stereocenters. The molecule has 2 heterocycles. The number of nitrogens with zero attached hydrogens (tertiary/aromatic N) is 3. The van der Waals surface area contributed by atoms with Gasteiger partial charge in [-0.25, -0.2) is 9.48 Å². The van der Waals surface area contributed by atoms with Gasteiger partial charge in [-0.2, -0.15) is 0 Å². The van der Waals surface area contributed by atoms with Crippen LogP contribution in [0.2, 0.25) is 0 Å². The van der Waals surface area contributed by atoms with Gasteiger partial charge in [-0.1, -0.05) is 65.9 Å². The number of aliphatic hydroxyl groups is 1. The van der Waals surface area contributed by atoms with Gasteiger partial charge in [-0.05, 0) is 25.0 Å². The highest BCUT2D eigenvalue weighted by molar-refractivity contribution is 7.54. The van der Waals surface area contributed by atoms with Gasteiger partial charge in [-0.15, -0.1) is 5.10 Å². The molecule has 3 atom stereocenters. The Morgan fingerprint density at radius 1 is 1.05 bits per heavy atom. The van der Waals surface area contributed by atoms with Crippen LogP contribution in [0.1, 0.15) is 35.5 Å². The Hall–Kier alpha value is -2.92. The van der Waals surface area contributed by atoms with Gasteiger partial charge in [0.25, 0.3) is 0 Å². The van der Waals surface area contributed by atoms with E-state index in [9.17, 15) is 14.5 Å². The molecule has 12 heteroatoms. The number of carbonyl (C=O) groups excluding carboxylic acids is 1. The van der Waals surface area contributed by atoms with Crippen molar-refractivity contribution in [1.82, 2.24) is 15.0 Å². The van der Waals surface area contributed by atoms with E-state index in [-0.39, 0.29) is 25.5 Å². The molecular formula is C25H30N3O8P. The van der Waals surface area contributed by atoms with Crippen molar-refractivity contribution in [2.75, 3.05) is 7.11 Å². The highest BCUT2D eigenvalue weighted by atomic mass is 31.2. The van der Waals surface area contributed by atoms with Crippen LogP contribution in [0.5, 0.6) is 0 Å². The molecule has 1 saturated heterocycles. The number of aliphatic hydroxyl groups excluding tert-OH is 1. The Bertz CT molecular complexity index is 1170. The molecule has 37 heavy (non-hydrogen) atoms. The summed E-state index contributed by atoms with van der Waals surface area (Å²) in [5.41, 5.74) is 1.54. The molecule has 0 amide bonds. The van der Waals surface area contributed by atoms with Crippen LogP contribution >= 0.6 is 7.60 Å². The van der Waals surface area contributed by atoms with Gasteiger partial charge in [0.05, 0.1) is 33.1 Å². The fourth-order valence-electron chi connectivity index (χ4n) is 3.87. The lowest BCUT2D eigenvalue weighted by Crippen LogP contribution is -2.38. The van der Waals surface area contributed by atoms with Gasteiger partial charge in [0.2, 0.25) is 0 Å². The maximum atomic E-state index is 14.1. The molecule has 1 aliphatic rings.